The number of ether oxygens (including phenoxy) is 9. The highest BCUT2D eigenvalue weighted by atomic mass is 32.2. The largest absolute Gasteiger partial charge is 0.507 e. The second kappa shape index (κ2) is 29.1. The number of aromatic hydroxyl groups is 2. The highest BCUT2D eigenvalue weighted by Gasteiger charge is 2.54. The van der Waals surface area contributed by atoms with Crippen molar-refractivity contribution in [3.05, 3.63) is 51.6 Å². The van der Waals surface area contributed by atoms with E-state index in [1.165, 1.54) is 25.3 Å². The maximum atomic E-state index is 14.2. The van der Waals surface area contributed by atoms with Gasteiger partial charge in [-0.2, -0.15) is 11.8 Å². The second-order valence-corrected chi connectivity index (χ2v) is 21.6. The zero-order chi connectivity index (χ0) is 57.6. The second-order valence-electron chi connectivity index (χ2n) is 20.5. The molecule has 0 unspecified atom stereocenters. The van der Waals surface area contributed by atoms with Gasteiger partial charge in [0.05, 0.1) is 114 Å². The van der Waals surface area contributed by atoms with Crippen LogP contribution < -0.4 is 26.2 Å². The van der Waals surface area contributed by atoms with Gasteiger partial charge in [-0.3, -0.25) is 49.3 Å². The summed E-state index contributed by atoms with van der Waals surface area (Å²) in [6, 6.07) is 4.21. The van der Waals surface area contributed by atoms with Crippen molar-refractivity contribution in [3.8, 4) is 17.2 Å². The molecule has 446 valence electrons. The van der Waals surface area contributed by atoms with Crippen LogP contribution >= 0.6 is 11.8 Å². The summed E-state index contributed by atoms with van der Waals surface area (Å²) in [6.07, 6.45) is -3.15. The lowest BCUT2D eigenvalue weighted by Crippen LogP contribution is -2.57. The van der Waals surface area contributed by atoms with E-state index in [9.17, 15) is 48.9 Å². The maximum absolute atomic E-state index is 14.2. The summed E-state index contributed by atoms with van der Waals surface area (Å²) < 4.78 is 52.1. The fourth-order valence-electron chi connectivity index (χ4n) is 11.0. The standard InChI is InChI=1S/C54H74N6O20S/c1-31-51-35(60-15-18-77-29-41(60)80-51)26-42(78-31)79-37-28-54(71,27-34-44(37)50(67)46-45(48(34)65)47(64)33-4-3-5-36(72-2)43(33)49(46)66)53(70)58-57-39(62)9-25-81-30-40(63)56-11-10-55-38(61)8-16-73-19-21-75-23-24-76-22-20-74-17-14-59-12-6-32(7-13-59)52(68)69/h3-5,31-32,35,37,41-42,51,65,67,71H,6-30H2,1-2H3,(H,55,61)(H,56,63)(H,57,62)(H,58,70)(H,68,69)/t31-,35-,37-,41+,42-,51+,54-/m0/s1. The molecule has 8 N–H and O–H groups in total. The topological polar surface area (TPSA) is 338 Å². The van der Waals surface area contributed by atoms with Crippen molar-refractivity contribution in [2.24, 2.45) is 5.92 Å². The number of phenolic OH excluding ortho intramolecular Hbond substituents is 2. The number of likely N-dealkylation sites (tertiary alicyclic amines) is 1. The summed E-state index contributed by atoms with van der Waals surface area (Å²) in [6.45, 7) is 8.99. The normalized spacial score (nSPS) is 24.5. The molecule has 4 fully saturated rings. The lowest BCUT2D eigenvalue weighted by Gasteiger charge is -2.43. The smallest absolute Gasteiger partial charge is 0.306 e. The number of ketones is 2. The van der Waals surface area contributed by atoms with Gasteiger partial charge in [0.1, 0.15) is 29.6 Å². The summed E-state index contributed by atoms with van der Waals surface area (Å²) in [4.78, 5) is 95.2. The van der Waals surface area contributed by atoms with Crippen LogP contribution in [0.5, 0.6) is 17.2 Å². The Morgan fingerprint density at radius 1 is 0.802 bits per heavy atom. The number of piperidine rings is 1. The van der Waals surface area contributed by atoms with Crippen LogP contribution in [0.3, 0.4) is 0 Å². The molecule has 4 aliphatic heterocycles. The van der Waals surface area contributed by atoms with Gasteiger partial charge in [0.25, 0.3) is 5.91 Å². The first-order valence-corrected chi connectivity index (χ1v) is 28.6. The van der Waals surface area contributed by atoms with Gasteiger partial charge in [0.15, 0.2) is 17.7 Å². The van der Waals surface area contributed by atoms with Gasteiger partial charge < -0.3 is 78.6 Å². The molecule has 6 aliphatic rings. The number of rotatable bonds is 28. The molecule has 0 radical (unpaired) electrons. The molecule has 0 spiro atoms. The zero-order valence-corrected chi connectivity index (χ0v) is 46.4. The number of phenols is 2. The number of aliphatic carboxylic acids is 1. The van der Waals surface area contributed by atoms with Crippen molar-refractivity contribution in [2.45, 2.75) is 94.3 Å². The summed E-state index contributed by atoms with van der Waals surface area (Å²) in [5, 5.41) is 50.7. The molecule has 7 atom stereocenters. The summed E-state index contributed by atoms with van der Waals surface area (Å²) in [5.74, 6) is -6.06. The molecular formula is C54H74N6O20S. The molecule has 2 aromatic rings. The highest BCUT2D eigenvalue weighted by molar-refractivity contribution is 7.99. The number of thioether (sulfide) groups is 1. The minimum atomic E-state index is -2.43. The summed E-state index contributed by atoms with van der Waals surface area (Å²) in [7, 11) is 1.33. The number of nitrogens with one attached hydrogen (secondary N) is 4. The van der Waals surface area contributed by atoms with E-state index in [0.29, 0.717) is 78.8 Å². The van der Waals surface area contributed by atoms with Crippen LogP contribution in [0.4, 0.5) is 0 Å². The average Bonchev–Trinajstić information content (AvgIpc) is 4.01. The number of benzene rings is 2. The van der Waals surface area contributed by atoms with Crippen LogP contribution in [-0.2, 0) is 68.3 Å². The van der Waals surface area contributed by atoms with Crippen molar-refractivity contribution >= 4 is 52.9 Å². The number of carbonyl (C=O) groups excluding carboxylic acids is 6. The van der Waals surface area contributed by atoms with Gasteiger partial charge in [-0.15, -0.1) is 0 Å². The van der Waals surface area contributed by atoms with E-state index in [2.05, 4.69) is 31.3 Å². The molecule has 27 heteroatoms. The summed E-state index contributed by atoms with van der Waals surface area (Å²) >= 11 is 1.15. The lowest BCUT2D eigenvalue weighted by molar-refractivity contribution is -0.247. The first kappa shape index (κ1) is 61.5. The fraction of sp³-hybridized carbons (Fsp3) is 0.648. The van der Waals surface area contributed by atoms with Gasteiger partial charge in [0, 0.05) is 86.8 Å². The number of carbonyl (C=O) groups is 7. The molecule has 4 heterocycles. The molecule has 4 amide bonds. The van der Waals surface area contributed by atoms with Gasteiger partial charge >= 0.3 is 5.97 Å². The third-order valence-corrected chi connectivity index (χ3v) is 16.1. The van der Waals surface area contributed by atoms with Gasteiger partial charge in [-0.05, 0) is 38.9 Å². The first-order chi connectivity index (χ1) is 39.1. The Hall–Kier alpha value is -5.56. The van der Waals surface area contributed by atoms with E-state index >= 15 is 0 Å². The molecule has 81 heavy (non-hydrogen) atoms. The molecule has 0 aromatic heterocycles. The Balaban J connectivity index is 0.719. The molecule has 0 saturated carbocycles. The molecule has 0 bridgehead atoms. The Morgan fingerprint density at radius 3 is 2.19 bits per heavy atom. The molecule has 2 aliphatic carbocycles. The monoisotopic (exact) mass is 1160 g/mol. The maximum Gasteiger partial charge on any atom is 0.306 e. The Morgan fingerprint density at radius 2 is 1.48 bits per heavy atom. The quantitative estimate of drug-likeness (QED) is 0.0268. The van der Waals surface area contributed by atoms with Crippen LogP contribution in [0, 0.1) is 5.92 Å². The summed E-state index contributed by atoms with van der Waals surface area (Å²) in [5.41, 5.74) is 0.553. The van der Waals surface area contributed by atoms with Crippen molar-refractivity contribution < 1.29 is 96.6 Å². The molecular weight excluding hydrogens is 1080 g/mol. The van der Waals surface area contributed by atoms with Crippen molar-refractivity contribution in [3.63, 3.8) is 0 Å². The minimum Gasteiger partial charge on any atom is -0.507 e. The Kier molecular flexibility index (Phi) is 22.1. The van der Waals surface area contributed by atoms with Gasteiger partial charge in [-0.1, -0.05) is 12.1 Å². The Labute approximate surface area is 472 Å². The third kappa shape index (κ3) is 15.4. The predicted octanol–water partition coefficient (Wildman–Crippen LogP) is -0.0664. The van der Waals surface area contributed by atoms with E-state index in [1.54, 1.807) is 0 Å². The van der Waals surface area contributed by atoms with Crippen molar-refractivity contribution in [1.29, 1.82) is 0 Å². The van der Waals surface area contributed by atoms with Gasteiger partial charge in [0.2, 0.25) is 23.5 Å². The van der Waals surface area contributed by atoms with Crippen LogP contribution in [-0.4, -0.2) is 232 Å². The van der Waals surface area contributed by atoms with Gasteiger partial charge in [-0.25, -0.2) is 0 Å². The minimum absolute atomic E-state index is 0.00193. The number of nitrogens with zero attached hydrogens (tertiary/aromatic N) is 2. The van der Waals surface area contributed by atoms with E-state index in [-0.39, 0.29) is 115 Å². The van der Waals surface area contributed by atoms with E-state index in [1.807, 2.05) is 6.92 Å². The number of fused-ring (bicyclic) bond motifs is 6. The van der Waals surface area contributed by atoms with Crippen LogP contribution in [0.25, 0.3) is 0 Å². The SMILES string of the molecule is COc1cccc2c1C(=O)c1c(O)c3c(c(O)c1C2=O)C[C@@](O)(C(=O)NNC(=O)CCSCC(=O)NCCNC(=O)CCOCCOCCOCCOCCN1CCC(C(=O)O)CC1)C[C@@H]3O[C@H]1C[C@H]2[C@H](O[C@@H]3COCCN32)[C@H](C)O1. The number of aliphatic hydroxyl groups is 1. The average molecular weight is 1160 g/mol. The number of carboxylic acid groups (broad SMARTS) is 1. The molecule has 4 saturated heterocycles. The lowest BCUT2D eigenvalue weighted by atomic mass is 9.72. The number of amides is 4. The number of hydrogen-bond acceptors (Lipinski definition) is 22. The molecule has 26 nitrogen and oxygen atoms in total. The number of carboxylic acids is 1. The highest BCUT2D eigenvalue weighted by Crippen LogP contribution is 2.53. The number of morpholine rings is 1. The van der Waals surface area contributed by atoms with Crippen LogP contribution in [0.15, 0.2) is 18.2 Å². The van der Waals surface area contributed by atoms with E-state index in [0.717, 1.165) is 31.4 Å². The number of hydrazine groups is 1. The predicted molar refractivity (Wildman–Crippen MR) is 285 cm³/mol. The number of hydrogen-bond donors (Lipinski definition) is 8. The molecule has 2 aromatic carbocycles. The van der Waals surface area contributed by atoms with Crippen LogP contribution in [0.2, 0.25) is 0 Å². The van der Waals surface area contributed by atoms with Crippen molar-refractivity contribution in [2.75, 3.05) is 124 Å². The third-order valence-electron chi connectivity index (χ3n) is 15.2. The number of methoxy groups -OCH3 is 1. The molecule has 8 rings (SSSR count). The fourth-order valence-corrected chi connectivity index (χ4v) is 11.8. The zero-order valence-electron chi connectivity index (χ0n) is 45.6. The first-order valence-electron chi connectivity index (χ1n) is 27.4. The van der Waals surface area contributed by atoms with Crippen LogP contribution in [0.1, 0.15) is 94.5 Å². The van der Waals surface area contributed by atoms with E-state index in [4.69, 9.17) is 47.7 Å². The Bertz CT molecular complexity index is 2590. The van der Waals surface area contributed by atoms with E-state index < -0.39 is 88.9 Å². The van der Waals surface area contributed by atoms with Crippen molar-refractivity contribution in [1.82, 2.24) is 31.3 Å².